The number of rotatable bonds is 5. The van der Waals surface area contributed by atoms with E-state index in [-0.39, 0.29) is 13.0 Å². The Hall–Kier alpha value is -2.80. The number of fused-ring (bicyclic) bond motifs is 2. The van der Waals surface area contributed by atoms with Gasteiger partial charge in [0.2, 0.25) is 12.5 Å². The van der Waals surface area contributed by atoms with E-state index >= 15 is 0 Å². The Kier molecular flexibility index (Phi) is 4.61. The third-order valence-electron chi connectivity index (χ3n) is 5.23. The van der Waals surface area contributed by atoms with Gasteiger partial charge in [-0.15, -0.1) is 0 Å². The summed E-state index contributed by atoms with van der Waals surface area (Å²) in [6, 6.07) is 7.84. The molecule has 2 aliphatic rings. The van der Waals surface area contributed by atoms with E-state index in [1.165, 1.54) is 10.5 Å². The minimum atomic E-state index is -0.0134. The third kappa shape index (κ3) is 2.98. The maximum Gasteiger partial charge on any atom is 0.231 e. The highest BCUT2D eigenvalue weighted by atomic mass is 16.7. The van der Waals surface area contributed by atoms with Crippen LogP contribution in [0, 0.1) is 0 Å². The molecule has 7 heteroatoms. The lowest BCUT2D eigenvalue weighted by atomic mass is 9.94. The van der Waals surface area contributed by atoms with Gasteiger partial charge in [0.15, 0.2) is 17.7 Å². The number of hydrogen-bond acceptors (Lipinski definition) is 6. The number of benzene rings is 2. The van der Waals surface area contributed by atoms with Gasteiger partial charge in [-0.3, -0.25) is 0 Å². The van der Waals surface area contributed by atoms with Crippen molar-refractivity contribution >= 4 is 5.69 Å². The Morgan fingerprint density at radius 1 is 1.07 bits per heavy atom. The molecule has 1 unspecified atom stereocenters. The molecule has 0 saturated heterocycles. The molecule has 2 aromatic carbocycles. The first kappa shape index (κ1) is 17.6. The van der Waals surface area contributed by atoms with Gasteiger partial charge in [0.1, 0.15) is 11.5 Å². The summed E-state index contributed by atoms with van der Waals surface area (Å²) in [4.78, 5) is 1.33. The maximum atomic E-state index is 5.76. The predicted octanol–water partition coefficient (Wildman–Crippen LogP) is 1.62. The zero-order chi connectivity index (χ0) is 19.0. The fraction of sp³-hybridized carbons (Fsp3) is 0.400. The molecule has 7 nitrogen and oxygen atoms in total. The van der Waals surface area contributed by atoms with E-state index in [9.17, 15) is 0 Å². The highest BCUT2D eigenvalue weighted by Crippen LogP contribution is 2.47. The van der Waals surface area contributed by atoms with Crippen LogP contribution in [0.3, 0.4) is 0 Å². The Balaban J connectivity index is 1.77. The van der Waals surface area contributed by atoms with E-state index in [2.05, 4.69) is 18.4 Å². The standard InChI is InChI=1S/C20H24N2O5/c1-22-8-7-12-9-16-18(27-11-26-16)19(25-4)17(12)20(22)21-14-6-5-13(23-2)10-15(14)24-3/h5-6,9-10,20-21H,7-8,11H2,1-4H3/p+1/t20-/m0/s1. The number of quaternary nitrogens is 1. The molecular formula is C20H25N2O5+. The van der Waals surface area contributed by atoms with Crippen molar-refractivity contribution in [2.24, 2.45) is 0 Å². The van der Waals surface area contributed by atoms with Crippen LogP contribution in [0.4, 0.5) is 5.69 Å². The number of ether oxygens (including phenoxy) is 5. The first-order valence-corrected chi connectivity index (χ1v) is 8.96. The van der Waals surface area contributed by atoms with Crippen LogP contribution < -0.4 is 33.9 Å². The van der Waals surface area contributed by atoms with Crippen molar-refractivity contribution in [2.75, 3.05) is 47.0 Å². The minimum Gasteiger partial charge on any atom is -0.497 e. The van der Waals surface area contributed by atoms with Crippen LogP contribution >= 0.6 is 0 Å². The Bertz CT molecular complexity index is 855. The van der Waals surface area contributed by atoms with Crippen molar-refractivity contribution in [3.05, 3.63) is 35.4 Å². The summed E-state index contributed by atoms with van der Waals surface area (Å²) in [5.41, 5.74) is 3.21. The fourth-order valence-corrected chi connectivity index (χ4v) is 3.79. The zero-order valence-electron chi connectivity index (χ0n) is 16.0. The van der Waals surface area contributed by atoms with Gasteiger partial charge in [0, 0.05) is 12.5 Å². The van der Waals surface area contributed by atoms with Crippen molar-refractivity contribution in [1.29, 1.82) is 0 Å². The molecule has 27 heavy (non-hydrogen) atoms. The lowest BCUT2D eigenvalue weighted by Crippen LogP contribution is -3.11. The second-order valence-electron chi connectivity index (χ2n) is 6.71. The molecule has 0 amide bonds. The lowest BCUT2D eigenvalue weighted by molar-refractivity contribution is -0.910. The first-order chi connectivity index (χ1) is 13.2. The van der Waals surface area contributed by atoms with Crippen LogP contribution in [-0.2, 0) is 6.42 Å². The maximum absolute atomic E-state index is 5.76. The molecule has 2 atom stereocenters. The quantitative estimate of drug-likeness (QED) is 0.831. The van der Waals surface area contributed by atoms with E-state index in [4.69, 9.17) is 23.7 Å². The van der Waals surface area contributed by atoms with E-state index < -0.39 is 0 Å². The summed E-state index contributed by atoms with van der Waals surface area (Å²) >= 11 is 0. The van der Waals surface area contributed by atoms with Crippen LogP contribution in [0.15, 0.2) is 24.3 Å². The number of likely N-dealkylation sites (N-methyl/N-ethyl adjacent to an activating group) is 1. The van der Waals surface area contributed by atoms with Gasteiger partial charge in [-0.2, -0.15) is 0 Å². The van der Waals surface area contributed by atoms with E-state index in [1.54, 1.807) is 21.3 Å². The molecule has 0 fully saturated rings. The van der Waals surface area contributed by atoms with Gasteiger partial charge in [0.25, 0.3) is 0 Å². The normalized spacial score (nSPS) is 20.0. The second kappa shape index (κ2) is 7.08. The van der Waals surface area contributed by atoms with E-state index in [0.29, 0.717) is 5.75 Å². The number of hydrogen-bond donors (Lipinski definition) is 2. The Morgan fingerprint density at radius 3 is 2.67 bits per heavy atom. The van der Waals surface area contributed by atoms with Gasteiger partial charge < -0.3 is 33.9 Å². The Morgan fingerprint density at radius 2 is 1.93 bits per heavy atom. The topological polar surface area (TPSA) is 62.6 Å². The predicted molar refractivity (Wildman–Crippen MR) is 100 cm³/mol. The Labute approximate surface area is 158 Å². The summed E-state index contributed by atoms with van der Waals surface area (Å²) in [6.45, 7) is 1.22. The first-order valence-electron chi connectivity index (χ1n) is 8.96. The molecule has 0 spiro atoms. The second-order valence-corrected chi connectivity index (χ2v) is 6.71. The summed E-state index contributed by atoms with van der Waals surface area (Å²) in [7, 11) is 7.14. The van der Waals surface area contributed by atoms with Crippen molar-refractivity contribution in [3.63, 3.8) is 0 Å². The number of anilines is 1. The molecule has 2 aliphatic heterocycles. The van der Waals surface area contributed by atoms with E-state index in [0.717, 1.165) is 47.2 Å². The van der Waals surface area contributed by atoms with Crippen LogP contribution in [-0.4, -0.2) is 41.7 Å². The molecule has 0 aromatic heterocycles. The van der Waals surface area contributed by atoms with E-state index in [1.807, 2.05) is 18.2 Å². The van der Waals surface area contributed by atoms with Crippen molar-refractivity contribution in [3.8, 4) is 28.7 Å². The summed E-state index contributed by atoms with van der Waals surface area (Å²) in [6.07, 6.45) is 0.937. The van der Waals surface area contributed by atoms with Crippen molar-refractivity contribution in [2.45, 2.75) is 12.6 Å². The largest absolute Gasteiger partial charge is 0.497 e. The third-order valence-corrected chi connectivity index (χ3v) is 5.23. The summed E-state index contributed by atoms with van der Waals surface area (Å²) in [5.74, 6) is 3.66. The SMILES string of the molecule is COc1ccc(N[C@@H]2c3c(cc4c(c3OC)OCO4)CC[NH+]2C)c(OC)c1. The molecule has 0 saturated carbocycles. The highest BCUT2D eigenvalue weighted by molar-refractivity contribution is 5.64. The van der Waals surface area contributed by atoms with Gasteiger partial charge >= 0.3 is 0 Å². The smallest absolute Gasteiger partial charge is 0.231 e. The summed E-state index contributed by atoms with van der Waals surface area (Å²) < 4.78 is 27.9. The lowest BCUT2D eigenvalue weighted by Gasteiger charge is -2.34. The molecular weight excluding hydrogens is 348 g/mol. The minimum absolute atomic E-state index is 0.0134. The van der Waals surface area contributed by atoms with Gasteiger partial charge in [-0.25, -0.2) is 0 Å². The van der Waals surface area contributed by atoms with Crippen LogP contribution in [0.25, 0.3) is 0 Å². The average molecular weight is 373 g/mol. The number of nitrogens with one attached hydrogen (secondary N) is 2. The van der Waals surface area contributed by atoms with Crippen LogP contribution in [0.1, 0.15) is 17.3 Å². The molecule has 4 rings (SSSR count). The van der Waals surface area contributed by atoms with Crippen molar-refractivity contribution in [1.82, 2.24) is 0 Å². The molecule has 144 valence electrons. The number of methoxy groups -OCH3 is 3. The molecule has 0 bridgehead atoms. The van der Waals surface area contributed by atoms with Gasteiger partial charge in [-0.1, -0.05) is 0 Å². The molecule has 2 heterocycles. The summed E-state index contributed by atoms with van der Waals surface area (Å²) in [5, 5.41) is 3.63. The van der Waals surface area contributed by atoms with Crippen LogP contribution in [0.5, 0.6) is 28.7 Å². The van der Waals surface area contributed by atoms with Crippen molar-refractivity contribution < 1.29 is 28.6 Å². The molecule has 0 aliphatic carbocycles. The fourth-order valence-electron chi connectivity index (χ4n) is 3.79. The molecule has 0 radical (unpaired) electrons. The highest BCUT2D eigenvalue weighted by Gasteiger charge is 2.36. The average Bonchev–Trinajstić information content (AvgIpc) is 3.16. The monoisotopic (exact) mass is 373 g/mol. The van der Waals surface area contributed by atoms with Gasteiger partial charge in [-0.05, 0) is 23.8 Å². The zero-order valence-corrected chi connectivity index (χ0v) is 16.0. The van der Waals surface area contributed by atoms with Crippen LogP contribution in [0.2, 0.25) is 0 Å². The van der Waals surface area contributed by atoms with Gasteiger partial charge in [0.05, 0.1) is 46.2 Å². The molecule has 2 N–H and O–H groups in total. The molecule has 2 aromatic rings.